The first-order valence-corrected chi connectivity index (χ1v) is 8.81. The third-order valence-electron chi connectivity index (χ3n) is 4.22. The van der Waals surface area contributed by atoms with Crippen molar-refractivity contribution in [3.63, 3.8) is 0 Å². The normalized spacial score (nSPS) is 14.4. The average molecular weight is 333 g/mol. The highest BCUT2D eigenvalue weighted by Crippen LogP contribution is 2.33. The summed E-state index contributed by atoms with van der Waals surface area (Å²) in [4.78, 5) is 3.83. The van der Waals surface area contributed by atoms with Crippen LogP contribution in [0.2, 0.25) is 0 Å². The number of fused-ring (bicyclic) bond motifs is 1. The molecule has 0 bridgehead atoms. The number of H-pyrrole nitrogens is 1. The smallest absolute Gasteiger partial charge is 0.218 e. The van der Waals surface area contributed by atoms with E-state index < -0.39 is 10.3 Å². The van der Waals surface area contributed by atoms with Crippen LogP contribution in [0.3, 0.4) is 0 Å². The maximum Gasteiger partial charge on any atom is 0.218 e. The van der Waals surface area contributed by atoms with Crippen LogP contribution < -0.4 is 0 Å². The third kappa shape index (κ3) is 2.51. The zero-order chi connectivity index (χ0) is 16.5. The minimum absolute atomic E-state index is 0.421. The highest BCUT2D eigenvalue weighted by Gasteiger charge is 2.20. The van der Waals surface area contributed by atoms with Gasteiger partial charge >= 0.3 is 0 Å². The van der Waals surface area contributed by atoms with Crippen molar-refractivity contribution in [2.45, 2.75) is 6.42 Å². The van der Waals surface area contributed by atoms with Crippen molar-refractivity contribution >= 4 is 37.2 Å². The average Bonchev–Trinajstić information content (AvgIpc) is 3.05. The third-order valence-corrected chi connectivity index (χ3v) is 4.99. The van der Waals surface area contributed by atoms with Gasteiger partial charge in [0.1, 0.15) is 0 Å². The quantitative estimate of drug-likeness (QED) is 0.718. The maximum atomic E-state index is 11.8. The van der Waals surface area contributed by atoms with Crippen molar-refractivity contribution in [1.29, 1.82) is 0 Å². The fourth-order valence-electron chi connectivity index (χ4n) is 3.14. The van der Waals surface area contributed by atoms with Crippen LogP contribution in [0.1, 0.15) is 17.7 Å². The lowest BCUT2D eigenvalue weighted by Crippen LogP contribution is -2.08. The second kappa shape index (κ2) is 5.98. The molecule has 1 N–H and O–H groups in total. The van der Waals surface area contributed by atoms with Crippen LogP contribution in [-0.4, -0.2) is 18.3 Å². The number of benzene rings is 2. The van der Waals surface area contributed by atoms with Crippen molar-refractivity contribution in [2.24, 2.45) is 0 Å². The Balaban J connectivity index is 2.04. The van der Waals surface area contributed by atoms with E-state index in [4.69, 9.17) is 0 Å². The van der Waals surface area contributed by atoms with Crippen molar-refractivity contribution in [3.8, 4) is 0 Å². The number of hydrogen-bond donors (Lipinski definition) is 1. The molecule has 0 atom stereocenters. The topological polar surface area (TPSA) is 49.9 Å². The van der Waals surface area contributed by atoms with E-state index in [-0.39, 0.29) is 0 Å². The Morgan fingerprint density at radius 3 is 2.42 bits per heavy atom. The fraction of sp³-hybridized carbons (Fsp3) is 0.0500. The van der Waals surface area contributed by atoms with Gasteiger partial charge in [-0.25, -0.2) is 0 Å². The summed E-state index contributed by atoms with van der Waals surface area (Å²) in [5.41, 5.74) is 4.56. The number of hydrogen-bond acceptors (Lipinski definition) is 2. The molecule has 3 aromatic rings. The molecule has 0 unspecified atom stereocenters. The molecular weight excluding hydrogens is 318 g/mol. The molecule has 0 spiro atoms. The molecule has 0 fully saturated rings. The van der Waals surface area contributed by atoms with E-state index >= 15 is 0 Å². The Morgan fingerprint density at radius 2 is 1.67 bits per heavy atom. The molecule has 0 saturated heterocycles. The zero-order valence-corrected chi connectivity index (χ0v) is 13.7. The highest BCUT2D eigenvalue weighted by atomic mass is 32.2. The molecule has 1 aliphatic carbocycles. The van der Waals surface area contributed by atoms with E-state index in [1.54, 1.807) is 0 Å². The van der Waals surface area contributed by atoms with Gasteiger partial charge in [0.2, 0.25) is 10.3 Å². The molecule has 0 saturated carbocycles. The van der Waals surface area contributed by atoms with Crippen LogP contribution >= 0.6 is 0 Å². The molecule has 2 aromatic carbocycles. The molecule has 1 aromatic heterocycles. The van der Waals surface area contributed by atoms with Crippen LogP contribution in [-0.2, 0) is 10.3 Å². The molecule has 4 rings (SSSR count). The lowest BCUT2D eigenvalue weighted by atomic mass is 9.90. The van der Waals surface area contributed by atoms with Gasteiger partial charge < -0.3 is 4.98 Å². The lowest BCUT2D eigenvalue weighted by molar-refractivity contribution is 0.627. The number of nitrogens with one attached hydrogen (secondary N) is 1. The fourth-order valence-corrected chi connectivity index (χ4v) is 3.76. The number of allylic oxidation sites excluding steroid dienone is 4. The second-order valence-electron chi connectivity index (χ2n) is 5.69. The largest absolute Gasteiger partial charge is 0.355 e. The van der Waals surface area contributed by atoms with Crippen molar-refractivity contribution in [2.75, 3.05) is 0 Å². The van der Waals surface area contributed by atoms with Crippen LogP contribution in [0.25, 0.3) is 22.0 Å². The molecule has 118 valence electrons. The summed E-state index contributed by atoms with van der Waals surface area (Å²) in [6.45, 7) is 0. The van der Waals surface area contributed by atoms with Crippen LogP contribution in [0.4, 0.5) is 0 Å². The van der Waals surface area contributed by atoms with Crippen LogP contribution in [0.15, 0.2) is 72.8 Å². The lowest BCUT2D eigenvalue weighted by Gasteiger charge is -2.16. The summed E-state index contributed by atoms with van der Waals surface area (Å²) in [6, 6.07) is 19.8. The summed E-state index contributed by atoms with van der Waals surface area (Å²) < 4.78 is 23.5. The zero-order valence-electron chi connectivity index (χ0n) is 12.9. The minimum Gasteiger partial charge on any atom is -0.355 e. The summed E-state index contributed by atoms with van der Waals surface area (Å²) in [5, 5.41) is 1.11. The van der Waals surface area contributed by atoms with Gasteiger partial charge in [0.15, 0.2) is 0 Å². The second-order valence-corrected chi connectivity index (χ2v) is 6.65. The van der Waals surface area contributed by atoms with E-state index in [0.717, 1.165) is 33.3 Å². The minimum atomic E-state index is -2.25. The summed E-state index contributed by atoms with van der Waals surface area (Å²) >= 11 is 0. The first-order valence-electron chi connectivity index (χ1n) is 7.74. The molecule has 3 nitrogen and oxygen atoms in total. The molecule has 1 heterocycles. The summed E-state index contributed by atoms with van der Waals surface area (Å²) in [6.07, 6.45) is 4.33. The monoisotopic (exact) mass is 333 g/mol. The number of para-hydroxylation sites is 1. The maximum absolute atomic E-state index is 11.8. The van der Waals surface area contributed by atoms with Crippen LogP contribution in [0, 0.1) is 0 Å². The number of rotatable bonds is 2. The molecule has 0 radical (unpaired) electrons. The molecule has 24 heavy (non-hydrogen) atoms. The molecule has 0 aliphatic heterocycles. The van der Waals surface area contributed by atoms with E-state index in [9.17, 15) is 8.42 Å². The number of aromatic amines is 1. The van der Waals surface area contributed by atoms with Gasteiger partial charge in [0.25, 0.3) is 0 Å². The van der Waals surface area contributed by atoms with Gasteiger partial charge in [-0.2, -0.15) is 8.42 Å². The van der Waals surface area contributed by atoms with E-state index in [1.165, 1.54) is 0 Å². The summed E-state index contributed by atoms with van der Waals surface area (Å²) in [7, 11) is -2.25. The molecule has 0 amide bonds. The SMILES string of the molecule is O=S(=O)=C1CC=CC(c2cc3ccccc3[nH]2)=C1c1ccccc1. The van der Waals surface area contributed by atoms with Gasteiger partial charge in [-0.05, 0) is 17.7 Å². The predicted molar refractivity (Wildman–Crippen MR) is 99.2 cm³/mol. The van der Waals surface area contributed by atoms with Gasteiger partial charge in [-0.3, -0.25) is 0 Å². The van der Waals surface area contributed by atoms with Crippen molar-refractivity contribution in [1.82, 2.24) is 4.98 Å². The van der Waals surface area contributed by atoms with Crippen molar-refractivity contribution in [3.05, 3.63) is 84.1 Å². The van der Waals surface area contributed by atoms with Gasteiger partial charge in [0.05, 0.1) is 4.86 Å². The predicted octanol–water partition coefficient (Wildman–Crippen LogP) is 4.09. The Bertz CT molecular complexity index is 1080. The summed E-state index contributed by atoms with van der Waals surface area (Å²) in [5.74, 6) is 0. The Hall–Kier alpha value is -2.85. The first kappa shape index (κ1) is 14.7. The highest BCUT2D eigenvalue weighted by molar-refractivity contribution is 7.74. The standard InChI is InChI=1S/C20H15NO2S/c22-24(23)19-12-6-10-16(20(19)14-7-2-1-3-8-14)18-13-15-9-4-5-11-17(15)21-18/h1-11,13,21H,12H2. The van der Waals surface area contributed by atoms with Gasteiger partial charge in [-0.1, -0.05) is 60.7 Å². The Labute approximate surface area is 141 Å². The Morgan fingerprint density at radius 1 is 0.917 bits per heavy atom. The van der Waals surface area contributed by atoms with Gasteiger partial charge in [-0.15, -0.1) is 0 Å². The van der Waals surface area contributed by atoms with E-state index in [1.807, 2.05) is 66.7 Å². The van der Waals surface area contributed by atoms with Crippen molar-refractivity contribution < 1.29 is 8.42 Å². The van der Waals surface area contributed by atoms with Crippen LogP contribution in [0.5, 0.6) is 0 Å². The van der Waals surface area contributed by atoms with E-state index in [2.05, 4.69) is 11.1 Å². The van der Waals surface area contributed by atoms with E-state index in [0.29, 0.717) is 11.3 Å². The molecule has 1 aliphatic rings. The number of aromatic nitrogens is 1. The molecule has 4 heteroatoms. The first-order chi connectivity index (χ1) is 11.7. The van der Waals surface area contributed by atoms with Gasteiger partial charge in [0, 0.05) is 34.2 Å². The molecular formula is C20H15NO2S. The Kier molecular flexibility index (Phi) is 3.67.